The molecule has 4 nitrogen and oxygen atoms in total. The molecule has 2 aromatic carbocycles. The molecule has 3 N–H and O–H groups in total. The summed E-state index contributed by atoms with van der Waals surface area (Å²) < 4.78 is 0. The molecule has 1 amide bonds. The summed E-state index contributed by atoms with van der Waals surface area (Å²) in [5.41, 5.74) is 11.7. The van der Waals surface area contributed by atoms with Crippen LogP contribution < -0.4 is 5.73 Å². The largest absolute Gasteiger partial charge is 0.392 e. The van der Waals surface area contributed by atoms with Gasteiger partial charge in [0.05, 0.1) is 6.10 Å². The molecular formula is C29H38N2O2. The van der Waals surface area contributed by atoms with Crippen LogP contribution in [0, 0.1) is 23.2 Å². The second kappa shape index (κ2) is 8.56. The highest BCUT2D eigenvalue weighted by Crippen LogP contribution is 2.62. The van der Waals surface area contributed by atoms with Crippen LogP contribution in [-0.4, -0.2) is 36.1 Å². The summed E-state index contributed by atoms with van der Waals surface area (Å²) >= 11 is 0. The summed E-state index contributed by atoms with van der Waals surface area (Å²) in [5.74, 6) is 1.70. The lowest BCUT2D eigenvalue weighted by atomic mass is 9.55. The Kier molecular flexibility index (Phi) is 5.86. The Morgan fingerprint density at radius 3 is 2.73 bits per heavy atom. The summed E-state index contributed by atoms with van der Waals surface area (Å²) in [6.45, 7) is 3.33. The van der Waals surface area contributed by atoms with Crippen LogP contribution in [0.15, 0.2) is 42.5 Å². The van der Waals surface area contributed by atoms with Gasteiger partial charge in [0.2, 0.25) is 5.91 Å². The summed E-state index contributed by atoms with van der Waals surface area (Å²) in [7, 11) is 4.26. The van der Waals surface area contributed by atoms with Crippen LogP contribution >= 0.6 is 0 Å². The van der Waals surface area contributed by atoms with Crippen LogP contribution in [0.1, 0.15) is 71.1 Å². The van der Waals surface area contributed by atoms with E-state index in [9.17, 15) is 9.90 Å². The minimum atomic E-state index is -0.387. The van der Waals surface area contributed by atoms with Crippen LogP contribution in [-0.2, 0) is 19.4 Å². The van der Waals surface area contributed by atoms with Gasteiger partial charge >= 0.3 is 0 Å². The highest BCUT2D eigenvalue weighted by Gasteiger charge is 2.57. The summed E-state index contributed by atoms with van der Waals surface area (Å²) in [6, 6.07) is 14.8. The third-order valence-corrected chi connectivity index (χ3v) is 9.12. The Bertz CT molecular complexity index is 1050. The van der Waals surface area contributed by atoms with Crippen molar-refractivity contribution in [2.24, 2.45) is 28.9 Å². The number of aryl methyl sites for hydroxylation is 1. The van der Waals surface area contributed by atoms with Gasteiger partial charge < -0.3 is 15.7 Å². The van der Waals surface area contributed by atoms with E-state index in [-0.39, 0.29) is 23.3 Å². The van der Waals surface area contributed by atoms with Crippen molar-refractivity contribution in [1.82, 2.24) is 4.90 Å². The van der Waals surface area contributed by atoms with Gasteiger partial charge in [0.25, 0.3) is 0 Å². The molecule has 6 atom stereocenters. The first-order valence-corrected chi connectivity index (χ1v) is 12.6. The van der Waals surface area contributed by atoms with Crippen molar-refractivity contribution >= 4 is 5.91 Å². The highest BCUT2D eigenvalue weighted by atomic mass is 16.3. The lowest BCUT2D eigenvalue weighted by molar-refractivity contribution is -0.0325. The van der Waals surface area contributed by atoms with E-state index in [2.05, 4.69) is 50.2 Å². The molecule has 3 aliphatic carbocycles. The monoisotopic (exact) mass is 446 g/mol. The number of aliphatic hydroxyl groups excluding tert-OH is 1. The maximum absolute atomic E-state index is 11.6. The molecule has 5 rings (SSSR count). The van der Waals surface area contributed by atoms with E-state index in [1.54, 1.807) is 17.2 Å². The molecule has 2 saturated carbocycles. The summed E-state index contributed by atoms with van der Waals surface area (Å²) in [4.78, 5) is 13.8. The summed E-state index contributed by atoms with van der Waals surface area (Å²) in [5, 5.41) is 11.5. The third kappa shape index (κ3) is 4.02. The number of carbonyl (C=O) groups excluding carboxylic acids is 1. The Balaban J connectivity index is 1.37. The van der Waals surface area contributed by atoms with Gasteiger partial charge in [-0.25, -0.2) is 0 Å². The smallest absolute Gasteiger partial charge is 0.248 e. The van der Waals surface area contributed by atoms with Gasteiger partial charge in [-0.2, -0.15) is 0 Å². The van der Waals surface area contributed by atoms with Crippen molar-refractivity contribution in [3.8, 4) is 0 Å². The lowest BCUT2D eigenvalue weighted by Crippen LogP contribution is -2.44. The Morgan fingerprint density at radius 1 is 1.15 bits per heavy atom. The fourth-order valence-corrected chi connectivity index (χ4v) is 7.60. The van der Waals surface area contributed by atoms with Crippen molar-refractivity contribution in [2.45, 2.75) is 64.0 Å². The molecule has 0 saturated heterocycles. The van der Waals surface area contributed by atoms with Crippen LogP contribution in [0.25, 0.3) is 0 Å². The molecule has 3 aliphatic rings. The maximum Gasteiger partial charge on any atom is 0.248 e. The third-order valence-electron chi connectivity index (χ3n) is 9.12. The number of fused-ring (bicyclic) bond motifs is 5. The van der Waals surface area contributed by atoms with Crippen LogP contribution in [0.5, 0.6) is 0 Å². The van der Waals surface area contributed by atoms with Gasteiger partial charge in [0.1, 0.15) is 0 Å². The summed E-state index contributed by atoms with van der Waals surface area (Å²) in [6.07, 6.45) is 6.27. The second-order valence-electron chi connectivity index (χ2n) is 11.4. The first kappa shape index (κ1) is 22.6. The first-order chi connectivity index (χ1) is 15.8. The van der Waals surface area contributed by atoms with Crippen molar-refractivity contribution < 1.29 is 9.90 Å². The fourth-order valence-electron chi connectivity index (χ4n) is 7.60. The zero-order valence-electron chi connectivity index (χ0n) is 20.3. The van der Waals surface area contributed by atoms with Crippen LogP contribution in [0.4, 0.5) is 0 Å². The zero-order valence-corrected chi connectivity index (χ0v) is 20.3. The van der Waals surface area contributed by atoms with Gasteiger partial charge in [-0.3, -0.25) is 4.79 Å². The van der Waals surface area contributed by atoms with E-state index in [0.29, 0.717) is 23.3 Å². The van der Waals surface area contributed by atoms with Gasteiger partial charge in [0.15, 0.2) is 0 Å². The number of hydrogen-bond acceptors (Lipinski definition) is 3. The topological polar surface area (TPSA) is 66.6 Å². The number of carbonyl (C=O) groups is 1. The minimum Gasteiger partial charge on any atom is -0.392 e. The zero-order chi connectivity index (χ0) is 23.3. The number of benzene rings is 2. The number of primary amides is 1. The molecule has 4 heteroatoms. The van der Waals surface area contributed by atoms with Gasteiger partial charge in [-0.05, 0) is 116 Å². The predicted octanol–water partition coefficient (Wildman–Crippen LogP) is 4.53. The molecule has 0 aromatic heterocycles. The normalized spacial score (nSPS) is 32.8. The van der Waals surface area contributed by atoms with Gasteiger partial charge in [-0.1, -0.05) is 37.3 Å². The molecule has 0 bridgehead atoms. The molecule has 2 fully saturated rings. The van der Waals surface area contributed by atoms with E-state index in [1.807, 2.05) is 12.1 Å². The fraction of sp³-hybridized carbons (Fsp3) is 0.552. The number of rotatable bonds is 5. The first-order valence-electron chi connectivity index (χ1n) is 12.6. The van der Waals surface area contributed by atoms with Crippen LogP contribution in [0.3, 0.4) is 0 Å². The molecule has 2 aromatic rings. The van der Waals surface area contributed by atoms with E-state index in [1.165, 1.54) is 18.4 Å². The highest BCUT2D eigenvalue weighted by molar-refractivity contribution is 5.92. The second-order valence-corrected chi connectivity index (χ2v) is 11.4. The van der Waals surface area contributed by atoms with Gasteiger partial charge in [-0.15, -0.1) is 0 Å². The Morgan fingerprint density at radius 2 is 1.97 bits per heavy atom. The number of hydrogen-bond donors (Lipinski definition) is 2. The average molecular weight is 447 g/mol. The van der Waals surface area contributed by atoms with Crippen molar-refractivity contribution in [3.05, 3.63) is 70.3 Å². The lowest BCUT2D eigenvalue weighted by Gasteiger charge is -2.50. The number of nitrogens with zero attached hydrogens (tertiary/aromatic N) is 1. The van der Waals surface area contributed by atoms with E-state index < -0.39 is 0 Å². The molecule has 33 heavy (non-hydrogen) atoms. The quantitative estimate of drug-likeness (QED) is 0.709. The predicted molar refractivity (Wildman–Crippen MR) is 132 cm³/mol. The maximum atomic E-state index is 11.6. The number of nitrogens with two attached hydrogens (primary N) is 1. The standard InChI is InChI=1S/C29H38N2O2/c1-29-12-11-24-23-9-7-19(17-31(2)3)15-20(23)8-10-25(24)26(29)16-22(27(29)32)14-18-5-4-6-21(13-18)28(30)33/h4-7,9,13,15,22,24-27,32H,8,10-12,14,16-17H2,1-3H3,(H2,30,33)/t22-,24?,25?,26?,27-,29-/m0/s1. The Hall–Kier alpha value is -2.17. The number of aliphatic hydroxyl groups is 1. The molecule has 0 spiro atoms. The molecule has 176 valence electrons. The van der Waals surface area contributed by atoms with Crippen LogP contribution in [0.2, 0.25) is 0 Å². The Labute approximate surface area is 198 Å². The van der Waals surface area contributed by atoms with E-state index >= 15 is 0 Å². The van der Waals surface area contributed by atoms with Crippen molar-refractivity contribution in [3.63, 3.8) is 0 Å². The molecule has 3 unspecified atom stereocenters. The molecule has 0 heterocycles. The van der Waals surface area contributed by atoms with Crippen molar-refractivity contribution in [2.75, 3.05) is 14.1 Å². The molecule has 0 aliphatic heterocycles. The SMILES string of the molecule is CN(C)Cc1ccc2c(c1)CCC1C2CC[C@@]2(C)C1C[C@H](Cc1cccc(C(N)=O)c1)[C@@H]2O. The van der Waals surface area contributed by atoms with Gasteiger partial charge in [0, 0.05) is 12.1 Å². The van der Waals surface area contributed by atoms with E-state index in [4.69, 9.17) is 5.73 Å². The van der Waals surface area contributed by atoms with Crippen molar-refractivity contribution in [1.29, 1.82) is 0 Å². The molecular weight excluding hydrogens is 408 g/mol. The number of amides is 1. The average Bonchev–Trinajstić information content (AvgIpc) is 3.03. The molecule has 0 radical (unpaired) electrons. The minimum absolute atomic E-state index is 0.00447. The van der Waals surface area contributed by atoms with E-state index in [0.717, 1.165) is 37.8 Å².